The lowest BCUT2D eigenvalue weighted by molar-refractivity contribution is 1.17. The summed E-state index contributed by atoms with van der Waals surface area (Å²) in [6.07, 6.45) is 0. The van der Waals surface area contributed by atoms with Gasteiger partial charge in [-0.05, 0) is 19.1 Å². The number of nitrogens with zero attached hydrogens (tertiary/aromatic N) is 1. The van der Waals surface area contributed by atoms with E-state index in [1.807, 2.05) is 31.2 Å². The lowest BCUT2D eigenvalue weighted by Crippen LogP contribution is -1.68. The third-order valence-corrected chi connectivity index (χ3v) is 1.45. The van der Waals surface area contributed by atoms with Crippen molar-refractivity contribution in [2.24, 2.45) is 0 Å². The molecule has 0 radical (unpaired) electrons. The van der Waals surface area contributed by atoms with Gasteiger partial charge in [0.15, 0.2) is 1.41 Å². The maximum atomic E-state index is 7.52. The standard InChI is InChI=1S/C8H8N2/c1-6-9-7-4-2-3-5-8(7)10-6/h2-5H,1H3,(H,9,10)/i/hD. The molecule has 2 aromatic rings. The van der Waals surface area contributed by atoms with Crippen LogP contribution in [-0.4, -0.2) is 9.96 Å². The first-order valence-corrected chi connectivity index (χ1v) is 3.22. The Balaban J connectivity index is 2.92. The number of fused-ring (bicyclic) bond motifs is 1. The monoisotopic (exact) mass is 133 g/mol. The molecule has 0 amide bonds. The molecule has 10 heavy (non-hydrogen) atoms. The van der Waals surface area contributed by atoms with E-state index in [1.54, 1.807) is 0 Å². The summed E-state index contributed by atoms with van der Waals surface area (Å²) < 4.78 is 7.52. The summed E-state index contributed by atoms with van der Waals surface area (Å²) >= 11 is 0. The molecule has 0 aliphatic heterocycles. The van der Waals surface area contributed by atoms with E-state index in [1.165, 1.54) is 4.98 Å². The molecule has 2 rings (SSSR count). The van der Waals surface area contributed by atoms with E-state index in [-0.39, 0.29) is 0 Å². The van der Waals surface area contributed by atoms with Gasteiger partial charge in [-0.3, -0.25) is 0 Å². The quantitative estimate of drug-likeness (QED) is 0.584. The minimum absolute atomic E-state index is 0.728. The maximum Gasteiger partial charge on any atom is 0.168 e. The van der Waals surface area contributed by atoms with Gasteiger partial charge < -0.3 is 4.98 Å². The predicted molar refractivity (Wildman–Crippen MR) is 40.8 cm³/mol. The van der Waals surface area contributed by atoms with Gasteiger partial charge in [0.1, 0.15) is 5.82 Å². The summed E-state index contributed by atoms with van der Waals surface area (Å²) in [6.45, 7) is 1.83. The number of imidazole rings is 1. The van der Waals surface area contributed by atoms with Crippen molar-refractivity contribution in [2.75, 3.05) is 0 Å². The summed E-state index contributed by atoms with van der Waals surface area (Å²) in [4.78, 5) is 5.53. The molecule has 1 aromatic carbocycles. The second-order valence-electron chi connectivity index (χ2n) is 2.26. The van der Waals surface area contributed by atoms with Gasteiger partial charge in [-0.2, -0.15) is 0 Å². The number of benzene rings is 1. The van der Waals surface area contributed by atoms with Crippen molar-refractivity contribution in [2.45, 2.75) is 6.92 Å². The van der Waals surface area contributed by atoms with Crippen LogP contribution in [0.1, 0.15) is 5.82 Å². The average Bonchev–Trinajstić information content (AvgIpc) is 2.30. The molecule has 0 fully saturated rings. The molecule has 0 saturated carbocycles. The Bertz CT molecular complexity index is 392. The lowest BCUT2D eigenvalue weighted by Gasteiger charge is -1.81. The molecule has 0 spiro atoms. The van der Waals surface area contributed by atoms with Crippen molar-refractivity contribution in [3.8, 4) is 0 Å². The van der Waals surface area contributed by atoms with Crippen molar-refractivity contribution in [3.63, 3.8) is 0 Å². The first-order valence-electron chi connectivity index (χ1n) is 3.67. The van der Waals surface area contributed by atoms with Crippen LogP contribution >= 0.6 is 0 Å². The van der Waals surface area contributed by atoms with E-state index in [2.05, 4.69) is 4.98 Å². The molecule has 0 saturated heterocycles. The molecule has 0 aliphatic carbocycles. The SMILES string of the molecule is [2H]n1c(C)nc2ccccc21. The number of H-pyrrole nitrogens is 1. The Labute approximate surface area is 60.4 Å². The smallest absolute Gasteiger partial charge is 0.168 e. The Morgan fingerprint density at radius 2 is 2.30 bits per heavy atom. The number of hydrogen-bond donors (Lipinski definition) is 1. The first kappa shape index (κ1) is 4.50. The van der Waals surface area contributed by atoms with Crippen LogP contribution in [0.25, 0.3) is 11.0 Å². The molecule has 1 aromatic heterocycles. The number of aromatic amines is 1. The summed E-state index contributed by atoms with van der Waals surface area (Å²) in [5, 5.41) is 0. The zero-order chi connectivity index (χ0) is 7.84. The largest absolute Gasteiger partial charge is 0.342 e. The Morgan fingerprint density at radius 1 is 1.50 bits per heavy atom. The van der Waals surface area contributed by atoms with Gasteiger partial charge >= 0.3 is 0 Å². The highest BCUT2D eigenvalue weighted by Gasteiger charge is 1.93. The molecule has 1 N–H and O–H groups in total. The van der Waals surface area contributed by atoms with Gasteiger partial charge in [0.25, 0.3) is 0 Å². The van der Waals surface area contributed by atoms with Crippen molar-refractivity contribution in [1.82, 2.24) is 9.96 Å². The minimum atomic E-state index is 0.728. The van der Waals surface area contributed by atoms with Crippen molar-refractivity contribution in [1.29, 1.82) is 0 Å². The fraction of sp³-hybridized carbons (Fsp3) is 0.125. The van der Waals surface area contributed by atoms with Crippen LogP contribution in [0, 0.1) is 6.92 Å². The topological polar surface area (TPSA) is 28.7 Å². The van der Waals surface area contributed by atoms with E-state index in [0.717, 1.165) is 16.9 Å². The van der Waals surface area contributed by atoms with E-state index < -0.39 is 0 Å². The third kappa shape index (κ3) is 0.692. The van der Waals surface area contributed by atoms with Gasteiger partial charge in [-0.15, -0.1) is 0 Å². The summed E-state index contributed by atoms with van der Waals surface area (Å²) in [6, 6.07) is 7.64. The van der Waals surface area contributed by atoms with Gasteiger partial charge in [0.05, 0.1) is 11.0 Å². The lowest BCUT2D eigenvalue weighted by atomic mass is 10.3. The van der Waals surface area contributed by atoms with E-state index in [4.69, 9.17) is 1.41 Å². The highest BCUT2D eigenvalue weighted by molar-refractivity contribution is 5.74. The number of para-hydroxylation sites is 2. The van der Waals surface area contributed by atoms with Crippen LogP contribution in [0.15, 0.2) is 24.3 Å². The molecule has 1 heterocycles. The van der Waals surface area contributed by atoms with Gasteiger partial charge in [-0.1, -0.05) is 12.1 Å². The molecule has 0 atom stereocenters. The molecular formula is C8H8N2. The Morgan fingerprint density at radius 3 is 3.10 bits per heavy atom. The summed E-state index contributed by atoms with van der Waals surface area (Å²) in [5.41, 5.74) is 1.75. The highest BCUT2D eigenvalue weighted by atomic mass is 14.9. The molecule has 50 valence electrons. The molecule has 2 heteroatoms. The molecule has 2 nitrogen and oxygen atoms in total. The van der Waals surface area contributed by atoms with Crippen LogP contribution in [0.2, 0.25) is 1.41 Å². The predicted octanol–water partition coefficient (Wildman–Crippen LogP) is 1.87. The van der Waals surface area contributed by atoms with Gasteiger partial charge in [-0.25, -0.2) is 4.98 Å². The minimum Gasteiger partial charge on any atom is -0.342 e. The first-order chi connectivity index (χ1) is 5.29. The summed E-state index contributed by atoms with van der Waals surface area (Å²) in [5.74, 6) is 0.728. The number of aryl methyl sites for hydroxylation is 1. The van der Waals surface area contributed by atoms with Crippen LogP contribution in [0.4, 0.5) is 0 Å². The average molecular weight is 133 g/mol. The molecule has 0 aliphatic rings. The number of hydrogen-bond acceptors (Lipinski definition) is 1. The van der Waals surface area contributed by atoms with Crippen LogP contribution in [-0.2, 0) is 0 Å². The van der Waals surface area contributed by atoms with Gasteiger partial charge in [0, 0.05) is 0 Å². The fourth-order valence-electron chi connectivity index (χ4n) is 1.03. The second kappa shape index (κ2) is 1.84. The molecule has 0 unspecified atom stereocenters. The fourth-order valence-corrected chi connectivity index (χ4v) is 1.03. The number of nitrogens with one attached hydrogen (secondary N) is 1. The van der Waals surface area contributed by atoms with Crippen molar-refractivity contribution < 1.29 is 1.41 Å². The number of rotatable bonds is 0. The van der Waals surface area contributed by atoms with Crippen molar-refractivity contribution in [3.05, 3.63) is 30.1 Å². The number of aromatic nitrogens is 2. The van der Waals surface area contributed by atoms with E-state index in [9.17, 15) is 0 Å². The normalized spacial score (nSPS) is 11.9. The van der Waals surface area contributed by atoms with Crippen molar-refractivity contribution >= 4 is 11.0 Å². The second-order valence-corrected chi connectivity index (χ2v) is 2.26. The molecule has 0 bridgehead atoms. The zero-order valence-electron chi connectivity index (χ0n) is 6.70. The van der Waals surface area contributed by atoms with Crippen LogP contribution in [0.5, 0.6) is 0 Å². The molecular weight excluding hydrogens is 124 g/mol. The summed E-state index contributed by atoms with van der Waals surface area (Å²) in [7, 11) is 0. The zero-order valence-corrected chi connectivity index (χ0v) is 5.70. The van der Waals surface area contributed by atoms with Gasteiger partial charge in [0.2, 0.25) is 0 Å². The van der Waals surface area contributed by atoms with Crippen LogP contribution in [0.3, 0.4) is 0 Å². The Kier molecular flexibility index (Phi) is 0.826. The highest BCUT2D eigenvalue weighted by Crippen LogP contribution is 2.08. The van der Waals surface area contributed by atoms with E-state index in [0.29, 0.717) is 0 Å². The Hall–Kier alpha value is -1.31. The van der Waals surface area contributed by atoms with Crippen LogP contribution < -0.4 is 0 Å². The van der Waals surface area contributed by atoms with E-state index >= 15 is 0 Å². The third-order valence-electron chi connectivity index (χ3n) is 1.45. The maximum absolute atomic E-state index is 7.52.